The van der Waals surface area contributed by atoms with Crippen LogP contribution in [-0.4, -0.2) is 12.3 Å². The summed E-state index contributed by atoms with van der Waals surface area (Å²) in [6.07, 6.45) is -4.25. The van der Waals surface area contributed by atoms with E-state index in [2.05, 4.69) is 0 Å². The summed E-state index contributed by atoms with van der Waals surface area (Å²) < 4.78 is 57.1. The lowest BCUT2D eigenvalue weighted by Gasteiger charge is -2.26. The van der Waals surface area contributed by atoms with Crippen LogP contribution in [0.15, 0.2) is 18.2 Å². The number of hydrogen-bond donors (Lipinski definition) is 1. The van der Waals surface area contributed by atoms with E-state index in [1.807, 2.05) is 0 Å². The average Bonchev–Trinajstić information content (AvgIpc) is 2.30. The lowest BCUT2D eigenvalue weighted by molar-refractivity contribution is -0.139. The van der Waals surface area contributed by atoms with Crippen LogP contribution in [0.25, 0.3) is 0 Å². The maximum Gasteiger partial charge on any atom is 0.420 e. The molecule has 2 unspecified atom stereocenters. The van der Waals surface area contributed by atoms with Gasteiger partial charge in [-0.05, 0) is 37.5 Å². The number of hydrogen-bond acceptors (Lipinski definition) is 2. The van der Waals surface area contributed by atoms with Crippen LogP contribution in [-0.2, 0) is 6.18 Å². The molecule has 2 nitrogen and oxygen atoms in total. The molecule has 0 heterocycles. The van der Waals surface area contributed by atoms with E-state index in [9.17, 15) is 17.6 Å². The summed E-state index contributed by atoms with van der Waals surface area (Å²) >= 11 is 0. The van der Waals surface area contributed by atoms with Crippen molar-refractivity contribution in [2.45, 2.75) is 44.1 Å². The lowest BCUT2D eigenvalue weighted by Crippen LogP contribution is -2.27. The van der Waals surface area contributed by atoms with Crippen LogP contribution in [0, 0.1) is 0 Å². The smallest absolute Gasteiger partial charge is 0.420 e. The van der Waals surface area contributed by atoms with Crippen molar-refractivity contribution in [2.24, 2.45) is 0 Å². The molecule has 0 spiro atoms. The molecule has 1 saturated carbocycles. The Hall–Kier alpha value is -1.46. The van der Waals surface area contributed by atoms with Crippen molar-refractivity contribution < 1.29 is 22.3 Å². The molecule has 0 amide bonds. The van der Waals surface area contributed by atoms with Gasteiger partial charge in [0.05, 0.1) is 5.56 Å². The highest BCUT2D eigenvalue weighted by Crippen LogP contribution is 2.38. The van der Waals surface area contributed by atoms with Crippen molar-refractivity contribution in [1.29, 1.82) is 0 Å². The van der Waals surface area contributed by atoms with Gasteiger partial charge in [0.1, 0.15) is 18.0 Å². The minimum absolute atomic E-state index is 0.0201. The topological polar surface area (TPSA) is 35.2 Å². The molecular weight excluding hydrogens is 262 g/mol. The Morgan fingerprint density at radius 2 is 1.95 bits per heavy atom. The number of alkyl halides is 4. The minimum atomic E-state index is -4.53. The van der Waals surface area contributed by atoms with Gasteiger partial charge in [0.25, 0.3) is 0 Å². The standard InChI is InChI=1S/C13H15F4NO/c14-8-2-1-3-10(6-8)19-12-5-4-9(18)7-11(12)13(15,16)17/h4-5,7-8,10H,1-3,6,18H2. The van der Waals surface area contributed by atoms with Gasteiger partial charge in [0, 0.05) is 12.1 Å². The highest BCUT2D eigenvalue weighted by molar-refractivity contribution is 5.49. The Balaban J connectivity index is 2.20. The van der Waals surface area contributed by atoms with Crippen molar-refractivity contribution in [1.82, 2.24) is 0 Å². The monoisotopic (exact) mass is 277 g/mol. The van der Waals surface area contributed by atoms with Crippen LogP contribution < -0.4 is 10.5 Å². The van der Waals surface area contributed by atoms with Gasteiger partial charge in [-0.2, -0.15) is 13.2 Å². The zero-order valence-corrected chi connectivity index (χ0v) is 10.2. The first-order valence-electron chi connectivity index (χ1n) is 6.13. The SMILES string of the molecule is Nc1ccc(OC2CCCC(F)C2)c(C(F)(F)F)c1. The normalized spacial score (nSPS) is 24.2. The Morgan fingerprint density at radius 1 is 1.21 bits per heavy atom. The van der Waals surface area contributed by atoms with Gasteiger partial charge in [-0.25, -0.2) is 4.39 Å². The number of nitrogens with two attached hydrogens (primary N) is 1. The van der Waals surface area contributed by atoms with Crippen molar-refractivity contribution >= 4 is 5.69 Å². The second-order valence-electron chi connectivity index (χ2n) is 4.76. The molecule has 1 aromatic rings. The summed E-state index contributed by atoms with van der Waals surface area (Å²) in [6.45, 7) is 0. The first kappa shape index (κ1) is 14.0. The highest BCUT2D eigenvalue weighted by atomic mass is 19.4. The summed E-state index contributed by atoms with van der Waals surface area (Å²) in [4.78, 5) is 0. The summed E-state index contributed by atoms with van der Waals surface area (Å²) in [5, 5.41) is 0. The van der Waals surface area contributed by atoms with Crippen molar-refractivity contribution in [3.63, 3.8) is 0 Å². The van der Waals surface area contributed by atoms with Gasteiger partial charge in [-0.15, -0.1) is 0 Å². The molecule has 0 bridgehead atoms. The first-order valence-corrected chi connectivity index (χ1v) is 6.13. The predicted octanol–water partition coefficient (Wildman–Crippen LogP) is 3.95. The fraction of sp³-hybridized carbons (Fsp3) is 0.538. The van der Waals surface area contributed by atoms with E-state index in [0.29, 0.717) is 19.3 Å². The molecule has 2 atom stereocenters. The third kappa shape index (κ3) is 3.52. The molecule has 1 aliphatic rings. The molecule has 0 radical (unpaired) electrons. The molecule has 106 valence electrons. The summed E-state index contributed by atoms with van der Waals surface area (Å²) in [6, 6.07) is 3.38. The molecule has 0 saturated heterocycles. The molecule has 1 fully saturated rings. The van der Waals surface area contributed by atoms with Crippen LogP contribution in [0.4, 0.5) is 23.2 Å². The zero-order chi connectivity index (χ0) is 14.0. The second kappa shape index (κ2) is 5.27. The summed E-state index contributed by atoms with van der Waals surface area (Å²) in [5.41, 5.74) is 4.48. The molecule has 2 rings (SSSR count). The van der Waals surface area contributed by atoms with E-state index in [1.165, 1.54) is 12.1 Å². The van der Waals surface area contributed by atoms with Crippen LogP contribution in [0.2, 0.25) is 0 Å². The molecule has 2 N–H and O–H groups in total. The maximum absolute atomic E-state index is 13.2. The van der Waals surface area contributed by atoms with Crippen molar-refractivity contribution in [3.05, 3.63) is 23.8 Å². The van der Waals surface area contributed by atoms with E-state index in [4.69, 9.17) is 10.5 Å². The molecule has 6 heteroatoms. The van der Waals surface area contributed by atoms with E-state index in [-0.39, 0.29) is 17.9 Å². The van der Waals surface area contributed by atoms with Crippen molar-refractivity contribution in [3.8, 4) is 5.75 Å². The number of ether oxygens (including phenoxy) is 1. The molecule has 19 heavy (non-hydrogen) atoms. The van der Waals surface area contributed by atoms with E-state index < -0.39 is 24.0 Å². The fourth-order valence-corrected chi connectivity index (χ4v) is 2.25. The molecule has 0 aromatic heterocycles. The molecule has 1 aliphatic carbocycles. The Morgan fingerprint density at radius 3 is 2.58 bits per heavy atom. The van der Waals surface area contributed by atoms with Crippen molar-refractivity contribution in [2.75, 3.05) is 5.73 Å². The Bertz CT molecular complexity index is 447. The van der Waals surface area contributed by atoms with Gasteiger partial charge < -0.3 is 10.5 Å². The molecule has 1 aromatic carbocycles. The van der Waals surface area contributed by atoms with Gasteiger partial charge in [-0.3, -0.25) is 0 Å². The maximum atomic E-state index is 13.2. The van der Waals surface area contributed by atoms with Crippen LogP contribution >= 0.6 is 0 Å². The van der Waals surface area contributed by atoms with Gasteiger partial charge >= 0.3 is 6.18 Å². The van der Waals surface area contributed by atoms with Crippen LogP contribution in [0.1, 0.15) is 31.2 Å². The van der Waals surface area contributed by atoms with E-state index in [0.717, 1.165) is 6.07 Å². The first-order chi connectivity index (χ1) is 8.86. The Labute approximate surface area is 108 Å². The third-order valence-corrected chi connectivity index (χ3v) is 3.16. The third-order valence-electron chi connectivity index (χ3n) is 3.16. The number of halogens is 4. The number of anilines is 1. The summed E-state index contributed by atoms with van der Waals surface area (Å²) in [5.74, 6) is -0.277. The summed E-state index contributed by atoms with van der Waals surface area (Å²) in [7, 11) is 0. The predicted molar refractivity (Wildman–Crippen MR) is 63.6 cm³/mol. The van der Waals surface area contributed by atoms with E-state index in [1.54, 1.807) is 0 Å². The van der Waals surface area contributed by atoms with Crippen LogP contribution in [0.5, 0.6) is 5.75 Å². The van der Waals surface area contributed by atoms with Gasteiger partial charge in [-0.1, -0.05) is 0 Å². The average molecular weight is 277 g/mol. The largest absolute Gasteiger partial charge is 0.490 e. The molecule has 0 aliphatic heterocycles. The number of rotatable bonds is 2. The Kier molecular flexibility index (Phi) is 3.87. The highest BCUT2D eigenvalue weighted by Gasteiger charge is 2.35. The fourth-order valence-electron chi connectivity index (χ4n) is 2.25. The number of benzene rings is 1. The van der Waals surface area contributed by atoms with Gasteiger partial charge in [0.15, 0.2) is 0 Å². The van der Waals surface area contributed by atoms with E-state index >= 15 is 0 Å². The zero-order valence-electron chi connectivity index (χ0n) is 10.2. The quantitative estimate of drug-likeness (QED) is 0.656. The second-order valence-corrected chi connectivity index (χ2v) is 4.76. The lowest BCUT2D eigenvalue weighted by atomic mass is 9.96. The minimum Gasteiger partial charge on any atom is -0.490 e. The van der Waals surface area contributed by atoms with Gasteiger partial charge in [0.2, 0.25) is 0 Å². The number of nitrogen functional groups attached to an aromatic ring is 1. The molecular formula is C13H15F4NO. The van der Waals surface area contributed by atoms with Crippen LogP contribution in [0.3, 0.4) is 0 Å².